The van der Waals surface area contributed by atoms with Crippen LogP contribution in [0.3, 0.4) is 0 Å². The standard InChI is InChI=1S/C12H18N4O2S2/c1-7-14-9(6-19-7)10-11(13)15-20-12(10)16(2)4-8(17)5-18-3/h6,8,17H,4-5H2,1-3H3,(H2,13,15). The molecule has 1 atom stereocenters. The number of aromatic nitrogens is 2. The number of rotatable bonds is 6. The van der Waals surface area contributed by atoms with Crippen LogP contribution >= 0.6 is 22.9 Å². The number of aliphatic hydroxyl groups is 1. The van der Waals surface area contributed by atoms with Gasteiger partial charge in [-0.05, 0) is 18.5 Å². The maximum absolute atomic E-state index is 9.83. The molecule has 0 bridgehead atoms. The monoisotopic (exact) mass is 314 g/mol. The molecule has 0 radical (unpaired) electrons. The fourth-order valence-corrected chi connectivity index (χ4v) is 3.31. The minimum atomic E-state index is -0.557. The first-order valence-electron chi connectivity index (χ1n) is 6.08. The summed E-state index contributed by atoms with van der Waals surface area (Å²) < 4.78 is 9.15. The van der Waals surface area contributed by atoms with E-state index in [2.05, 4.69) is 9.36 Å². The lowest BCUT2D eigenvalue weighted by Crippen LogP contribution is -2.31. The molecule has 0 saturated heterocycles. The van der Waals surface area contributed by atoms with Gasteiger partial charge in [0.05, 0.1) is 29.0 Å². The predicted octanol–water partition coefficient (Wildman–Crippen LogP) is 1.60. The SMILES string of the molecule is COCC(O)CN(C)c1snc(N)c1-c1csc(C)n1. The van der Waals surface area contributed by atoms with Gasteiger partial charge >= 0.3 is 0 Å². The van der Waals surface area contributed by atoms with Gasteiger partial charge < -0.3 is 20.5 Å². The third-order valence-corrected chi connectivity index (χ3v) is 4.52. The van der Waals surface area contributed by atoms with Crippen LogP contribution in [0.4, 0.5) is 10.8 Å². The van der Waals surface area contributed by atoms with Gasteiger partial charge in [-0.15, -0.1) is 11.3 Å². The van der Waals surface area contributed by atoms with Crippen molar-refractivity contribution in [2.45, 2.75) is 13.0 Å². The lowest BCUT2D eigenvalue weighted by Gasteiger charge is -2.21. The lowest BCUT2D eigenvalue weighted by atomic mass is 10.2. The van der Waals surface area contributed by atoms with E-state index in [1.54, 1.807) is 18.4 Å². The molecule has 2 aromatic rings. The first-order valence-corrected chi connectivity index (χ1v) is 7.74. The van der Waals surface area contributed by atoms with Gasteiger partial charge in [0.25, 0.3) is 0 Å². The number of hydrogen-bond donors (Lipinski definition) is 2. The van der Waals surface area contributed by atoms with E-state index in [4.69, 9.17) is 10.5 Å². The molecular formula is C12H18N4O2S2. The summed E-state index contributed by atoms with van der Waals surface area (Å²) in [7, 11) is 3.46. The second-order valence-corrected chi connectivity index (χ2v) is 6.30. The van der Waals surface area contributed by atoms with Gasteiger partial charge in [-0.3, -0.25) is 0 Å². The number of anilines is 2. The molecule has 0 amide bonds. The highest BCUT2D eigenvalue weighted by atomic mass is 32.1. The van der Waals surface area contributed by atoms with E-state index < -0.39 is 6.10 Å². The molecule has 2 heterocycles. The smallest absolute Gasteiger partial charge is 0.148 e. The first-order chi connectivity index (χ1) is 9.52. The Morgan fingerprint density at radius 1 is 1.55 bits per heavy atom. The summed E-state index contributed by atoms with van der Waals surface area (Å²) in [6, 6.07) is 0. The lowest BCUT2D eigenvalue weighted by molar-refractivity contribution is 0.0696. The average Bonchev–Trinajstić information content (AvgIpc) is 2.95. The van der Waals surface area contributed by atoms with Crippen molar-refractivity contribution in [2.24, 2.45) is 0 Å². The average molecular weight is 314 g/mol. The maximum atomic E-state index is 9.83. The van der Waals surface area contributed by atoms with Crippen LogP contribution in [0, 0.1) is 6.92 Å². The van der Waals surface area contributed by atoms with Crippen molar-refractivity contribution in [3.8, 4) is 11.3 Å². The van der Waals surface area contributed by atoms with Crippen LogP contribution in [0.1, 0.15) is 5.01 Å². The van der Waals surface area contributed by atoms with Crippen LogP contribution in [0.15, 0.2) is 5.38 Å². The van der Waals surface area contributed by atoms with Crippen molar-refractivity contribution in [3.63, 3.8) is 0 Å². The Morgan fingerprint density at radius 2 is 2.30 bits per heavy atom. The number of hydrogen-bond acceptors (Lipinski definition) is 8. The zero-order valence-electron chi connectivity index (χ0n) is 11.7. The Hall–Kier alpha value is -1.22. The number of nitrogens with two attached hydrogens (primary N) is 1. The molecule has 110 valence electrons. The van der Waals surface area contributed by atoms with Crippen LogP contribution in [0.5, 0.6) is 0 Å². The van der Waals surface area contributed by atoms with Crippen molar-refractivity contribution >= 4 is 33.7 Å². The van der Waals surface area contributed by atoms with Crippen LogP contribution in [-0.2, 0) is 4.74 Å². The Kier molecular flexibility index (Phi) is 4.92. The zero-order chi connectivity index (χ0) is 14.7. The molecule has 0 saturated carbocycles. The number of nitrogen functional groups attached to an aromatic ring is 1. The van der Waals surface area contributed by atoms with Gasteiger partial charge in [0, 0.05) is 26.1 Å². The van der Waals surface area contributed by atoms with Gasteiger partial charge in [-0.25, -0.2) is 4.98 Å². The third kappa shape index (κ3) is 3.26. The number of likely N-dealkylation sites (N-methyl/N-ethyl adjacent to an activating group) is 1. The molecule has 0 aromatic carbocycles. The van der Waals surface area contributed by atoms with E-state index in [1.165, 1.54) is 11.5 Å². The molecule has 6 nitrogen and oxygen atoms in total. The summed E-state index contributed by atoms with van der Waals surface area (Å²) in [5.74, 6) is 0.475. The predicted molar refractivity (Wildman–Crippen MR) is 83.5 cm³/mol. The Bertz CT molecular complexity index is 570. The van der Waals surface area contributed by atoms with Crippen LogP contribution < -0.4 is 10.6 Å². The van der Waals surface area contributed by atoms with Crippen LogP contribution in [0.25, 0.3) is 11.3 Å². The van der Waals surface area contributed by atoms with E-state index >= 15 is 0 Å². The van der Waals surface area contributed by atoms with E-state index in [9.17, 15) is 5.11 Å². The maximum Gasteiger partial charge on any atom is 0.148 e. The van der Waals surface area contributed by atoms with Gasteiger partial charge in [0.15, 0.2) is 0 Å². The minimum absolute atomic E-state index is 0.295. The topological polar surface area (TPSA) is 84.5 Å². The largest absolute Gasteiger partial charge is 0.389 e. The molecular weight excluding hydrogens is 296 g/mol. The van der Waals surface area contributed by atoms with Crippen molar-refractivity contribution in [1.29, 1.82) is 0 Å². The van der Waals surface area contributed by atoms with E-state index in [0.29, 0.717) is 19.0 Å². The molecule has 1 unspecified atom stereocenters. The molecule has 0 fully saturated rings. The van der Waals surface area contributed by atoms with Crippen molar-refractivity contribution in [2.75, 3.05) is 37.9 Å². The Balaban J connectivity index is 2.24. The van der Waals surface area contributed by atoms with Crippen LogP contribution in [-0.4, -0.2) is 47.9 Å². The van der Waals surface area contributed by atoms with Crippen molar-refractivity contribution in [1.82, 2.24) is 9.36 Å². The van der Waals surface area contributed by atoms with Crippen molar-refractivity contribution in [3.05, 3.63) is 10.4 Å². The molecule has 2 aromatic heterocycles. The first kappa shape index (κ1) is 15.2. The van der Waals surface area contributed by atoms with Gasteiger partial charge in [-0.2, -0.15) is 4.37 Å². The minimum Gasteiger partial charge on any atom is -0.389 e. The molecule has 0 aliphatic rings. The van der Waals surface area contributed by atoms with E-state index in [-0.39, 0.29) is 0 Å². The third-order valence-electron chi connectivity index (χ3n) is 2.77. The molecule has 2 rings (SSSR count). The number of aryl methyl sites for hydroxylation is 1. The van der Waals surface area contributed by atoms with E-state index in [0.717, 1.165) is 21.3 Å². The van der Waals surface area contributed by atoms with Gasteiger partial charge in [0.1, 0.15) is 10.8 Å². The summed E-state index contributed by atoms with van der Waals surface area (Å²) in [5.41, 5.74) is 7.63. The molecule has 8 heteroatoms. The summed E-state index contributed by atoms with van der Waals surface area (Å²) in [6.45, 7) is 2.70. The van der Waals surface area contributed by atoms with Gasteiger partial charge in [0.2, 0.25) is 0 Å². The number of thiazole rings is 1. The highest BCUT2D eigenvalue weighted by molar-refractivity contribution is 7.11. The Labute approximate surface area is 126 Å². The molecule has 0 spiro atoms. The van der Waals surface area contributed by atoms with Crippen LogP contribution in [0.2, 0.25) is 0 Å². The molecule has 0 aliphatic heterocycles. The summed E-state index contributed by atoms with van der Waals surface area (Å²) in [6.07, 6.45) is -0.557. The molecule has 0 aliphatic carbocycles. The fraction of sp³-hybridized carbons (Fsp3) is 0.500. The molecule has 3 N–H and O–H groups in total. The summed E-state index contributed by atoms with van der Waals surface area (Å²) in [5, 5.41) is 13.7. The normalized spacial score (nSPS) is 12.6. The number of nitrogens with zero attached hydrogens (tertiary/aromatic N) is 3. The second kappa shape index (κ2) is 6.49. The molecule has 20 heavy (non-hydrogen) atoms. The highest BCUT2D eigenvalue weighted by Gasteiger charge is 2.20. The van der Waals surface area contributed by atoms with E-state index in [1.807, 2.05) is 24.3 Å². The number of methoxy groups -OCH3 is 1. The highest BCUT2D eigenvalue weighted by Crippen LogP contribution is 2.39. The Morgan fingerprint density at radius 3 is 2.90 bits per heavy atom. The van der Waals surface area contributed by atoms with Gasteiger partial charge in [-0.1, -0.05) is 0 Å². The zero-order valence-corrected chi connectivity index (χ0v) is 13.3. The fourth-order valence-electron chi connectivity index (χ4n) is 1.92. The number of ether oxygens (including phenoxy) is 1. The summed E-state index contributed by atoms with van der Waals surface area (Å²) in [4.78, 5) is 6.40. The van der Waals surface area contributed by atoms with Crippen molar-refractivity contribution < 1.29 is 9.84 Å². The second-order valence-electron chi connectivity index (χ2n) is 4.49. The quantitative estimate of drug-likeness (QED) is 0.842. The number of aliphatic hydroxyl groups excluding tert-OH is 1. The summed E-state index contributed by atoms with van der Waals surface area (Å²) >= 11 is 2.89.